The summed E-state index contributed by atoms with van der Waals surface area (Å²) in [5.41, 5.74) is 6.82. The van der Waals surface area contributed by atoms with Crippen LogP contribution in [-0.4, -0.2) is 23.1 Å². The lowest BCUT2D eigenvalue weighted by molar-refractivity contribution is -0.384. The van der Waals surface area contributed by atoms with Crippen LogP contribution < -0.4 is 16.1 Å². The summed E-state index contributed by atoms with van der Waals surface area (Å²) in [5, 5.41) is 18.2. The molecule has 2 aromatic rings. The third-order valence-electron chi connectivity index (χ3n) is 3.07. The van der Waals surface area contributed by atoms with Crippen LogP contribution in [0.2, 0.25) is 0 Å². The smallest absolute Gasteiger partial charge is 0.340 e. The molecule has 0 heterocycles. The molecule has 0 spiro atoms. The number of hydrogen-bond acceptors (Lipinski definition) is 5. The van der Waals surface area contributed by atoms with Gasteiger partial charge < -0.3 is 11.1 Å². The molecular formula is C16H15N5O4. The highest BCUT2D eigenvalue weighted by Crippen LogP contribution is 2.18. The summed E-state index contributed by atoms with van der Waals surface area (Å²) >= 11 is 0. The number of nitrogens with zero attached hydrogens (tertiary/aromatic N) is 3. The molecule has 3 N–H and O–H groups in total. The molecule has 0 saturated carbocycles. The maximum absolute atomic E-state index is 11.6. The van der Waals surface area contributed by atoms with Crippen molar-refractivity contribution in [3.8, 4) is 0 Å². The van der Waals surface area contributed by atoms with Gasteiger partial charge in [-0.1, -0.05) is 0 Å². The van der Waals surface area contributed by atoms with Crippen molar-refractivity contribution in [1.82, 2.24) is 0 Å². The summed E-state index contributed by atoms with van der Waals surface area (Å²) in [4.78, 5) is 32.7. The summed E-state index contributed by atoms with van der Waals surface area (Å²) in [6.07, 6.45) is 1.36. The Morgan fingerprint density at radius 1 is 1.16 bits per heavy atom. The van der Waals surface area contributed by atoms with E-state index in [9.17, 15) is 19.7 Å². The Labute approximate surface area is 142 Å². The van der Waals surface area contributed by atoms with Gasteiger partial charge in [0.15, 0.2) is 0 Å². The molecule has 9 nitrogen and oxygen atoms in total. The van der Waals surface area contributed by atoms with Crippen LogP contribution in [0.25, 0.3) is 0 Å². The van der Waals surface area contributed by atoms with Crippen molar-refractivity contribution in [3.05, 3.63) is 64.2 Å². The van der Waals surface area contributed by atoms with Gasteiger partial charge in [-0.25, -0.2) is 4.79 Å². The molecule has 0 aliphatic heterocycles. The second-order valence-corrected chi connectivity index (χ2v) is 4.97. The van der Waals surface area contributed by atoms with E-state index in [0.717, 1.165) is 5.01 Å². The first kappa shape index (κ1) is 17.6. The summed E-state index contributed by atoms with van der Waals surface area (Å²) in [6.45, 7) is 1.39. The number of nitro benzene ring substituents is 1. The highest BCUT2D eigenvalue weighted by atomic mass is 16.6. The Kier molecular flexibility index (Phi) is 5.41. The molecule has 3 amide bonds. The lowest BCUT2D eigenvalue weighted by Crippen LogP contribution is -2.31. The van der Waals surface area contributed by atoms with Gasteiger partial charge in [-0.15, -0.1) is 0 Å². The predicted molar refractivity (Wildman–Crippen MR) is 93.5 cm³/mol. The van der Waals surface area contributed by atoms with Crippen molar-refractivity contribution in [2.45, 2.75) is 6.92 Å². The van der Waals surface area contributed by atoms with E-state index in [0.29, 0.717) is 16.9 Å². The molecule has 0 unspecified atom stereocenters. The van der Waals surface area contributed by atoms with Gasteiger partial charge in [0.1, 0.15) is 0 Å². The van der Waals surface area contributed by atoms with Crippen molar-refractivity contribution in [2.24, 2.45) is 10.8 Å². The predicted octanol–water partition coefficient (Wildman–Crippen LogP) is 2.47. The maximum Gasteiger partial charge on any atom is 0.340 e. The molecule has 0 atom stereocenters. The molecule has 128 valence electrons. The fourth-order valence-electron chi connectivity index (χ4n) is 1.95. The summed E-state index contributed by atoms with van der Waals surface area (Å²) in [6, 6.07) is 11.2. The molecule has 25 heavy (non-hydrogen) atoms. The third kappa shape index (κ3) is 4.86. The number of anilines is 2. The van der Waals surface area contributed by atoms with Crippen LogP contribution in [0, 0.1) is 10.1 Å². The van der Waals surface area contributed by atoms with Gasteiger partial charge in [0.2, 0.25) is 5.91 Å². The molecule has 0 aliphatic carbocycles. The lowest BCUT2D eigenvalue weighted by atomic mass is 10.2. The number of amides is 3. The molecule has 0 aliphatic rings. The number of nitrogens with one attached hydrogen (secondary N) is 1. The van der Waals surface area contributed by atoms with Crippen LogP contribution in [-0.2, 0) is 4.79 Å². The van der Waals surface area contributed by atoms with Crippen LogP contribution in [0.1, 0.15) is 12.5 Å². The van der Waals surface area contributed by atoms with E-state index in [1.54, 1.807) is 24.3 Å². The van der Waals surface area contributed by atoms with Crippen molar-refractivity contribution in [3.63, 3.8) is 0 Å². The lowest BCUT2D eigenvalue weighted by Gasteiger charge is -2.14. The van der Waals surface area contributed by atoms with E-state index in [-0.39, 0.29) is 11.6 Å². The zero-order valence-corrected chi connectivity index (χ0v) is 13.2. The zero-order chi connectivity index (χ0) is 18.4. The molecular weight excluding hydrogens is 326 g/mol. The van der Waals surface area contributed by atoms with Crippen molar-refractivity contribution < 1.29 is 14.5 Å². The van der Waals surface area contributed by atoms with Gasteiger partial charge in [0.05, 0.1) is 16.8 Å². The van der Waals surface area contributed by atoms with Gasteiger partial charge in [-0.05, 0) is 42.0 Å². The molecule has 2 aromatic carbocycles. The Bertz CT molecular complexity index is 815. The number of carbonyl (C=O) groups is 2. The Morgan fingerprint density at radius 2 is 1.76 bits per heavy atom. The average molecular weight is 341 g/mol. The number of hydrogen-bond donors (Lipinski definition) is 2. The number of non-ortho nitro benzene ring substituents is 1. The van der Waals surface area contributed by atoms with Crippen LogP contribution in [0.3, 0.4) is 0 Å². The van der Waals surface area contributed by atoms with Crippen molar-refractivity contribution >= 4 is 35.2 Å². The zero-order valence-electron chi connectivity index (χ0n) is 13.2. The van der Waals surface area contributed by atoms with E-state index in [1.807, 2.05) is 0 Å². The second-order valence-electron chi connectivity index (χ2n) is 4.97. The van der Waals surface area contributed by atoms with E-state index in [1.165, 1.54) is 37.4 Å². The average Bonchev–Trinajstić information content (AvgIpc) is 2.56. The number of benzene rings is 2. The second kappa shape index (κ2) is 7.68. The van der Waals surface area contributed by atoms with Gasteiger partial charge in [-0.3, -0.25) is 14.9 Å². The minimum atomic E-state index is -0.801. The minimum Gasteiger partial charge on any atom is -0.350 e. The SMILES string of the molecule is CC(=O)Nc1ccc(N(/N=C/c2ccc([N+](=O)[O-])cc2)C(N)=O)cc1. The Hall–Kier alpha value is -3.75. The summed E-state index contributed by atoms with van der Waals surface area (Å²) in [5.74, 6) is -0.212. The van der Waals surface area contributed by atoms with Gasteiger partial charge in [0.25, 0.3) is 5.69 Å². The first-order valence-electron chi connectivity index (χ1n) is 7.12. The highest BCUT2D eigenvalue weighted by Gasteiger charge is 2.11. The van der Waals surface area contributed by atoms with Crippen LogP contribution in [0.5, 0.6) is 0 Å². The first-order chi connectivity index (χ1) is 11.9. The molecule has 0 aromatic heterocycles. The fraction of sp³-hybridized carbons (Fsp3) is 0.0625. The van der Waals surface area contributed by atoms with Gasteiger partial charge >= 0.3 is 6.03 Å². The van der Waals surface area contributed by atoms with Crippen molar-refractivity contribution in [1.29, 1.82) is 0 Å². The van der Waals surface area contributed by atoms with Crippen molar-refractivity contribution in [2.75, 3.05) is 10.3 Å². The first-order valence-corrected chi connectivity index (χ1v) is 7.12. The van der Waals surface area contributed by atoms with E-state index < -0.39 is 11.0 Å². The Morgan fingerprint density at radius 3 is 2.24 bits per heavy atom. The van der Waals surface area contributed by atoms with E-state index >= 15 is 0 Å². The monoisotopic (exact) mass is 341 g/mol. The van der Waals surface area contributed by atoms with Crippen LogP contribution in [0.15, 0.2) is 53.6 Å². The number of nitro groups is 1. The quantitative estimate of drug-likeness (QED) is 0.491. The topological polar surface area (TPSA) is 131 Å². The van der Waals surface area contributed by atoms with E-state index in [2.05, 4.69) is 10.4 Å². The van der Waals surface area contributed by atoms with Crippen LogP contribution in [0.4, 0.5) is 21.9 Å². The Balaban J connectivity index is 2.18. The molecule has 0 saturated heterocycles. The summed E-state index contributed by atoms with van der Waals surface area (Å²) < 4.78 is 0. The summed E-state index contributed by atoms with van der Waals surface area (Å²) in [7, 11) is 0. The van der Waals surface area contributed by atoms with Crippen LogP contribution >= 0.6 is 0 Å². The minimum absolute atomic E-state index is 0.0440. The number of urea groups is 1. The van der Waals surface area contributed by atoms with Gasteiger partial charge in [0, 0.05) is 24.7 Å². The normalized spacial score (nSPS) is 10.4. The molecule has 2 rings (SSSR count). The molecule has 9 heteroatoms. The maximum atomic E-state index is 11.6. The number of rotatable bonds is 5. The largest absolute Gasteiger partial charge is 0.350 e. The standard InChI is InChI=1S/C16H15N5O4/c1-11(22)19-13-4-8-14(9-5-13)20(16(17)23)18-10-12-2-6-15(7-3-12)21(24)25/h2-10H,1H3,(H2,17,23)(H,19,22)/b18-10+. The molecule has 0 bridgehead atoms. The van der Waals surface area contributed by atoms with E-state index in [4.69, 9.17) is 5.73 Å². The third-order valence-corrected chi connectivity index (χ3v) is 3.07. The number of nitrogens with two attached hydrogens (primary N) is 1. The fourth-order valence-corrected chi connectivity index (χ4v) is 1.95. The number of carbonyl (C=O) groups excluding carboxylic acids is 2. The number of hydrazone groups is 1. The van der Waals surface area contributed by atoms with Gasteiger partial charge in [-0.2, -0.15) is 10.1 Å². The highest BCUT2D eigenvalue weighted by molar-refractivity contribution is 5.94. The molecule has 0 radical (unpaired) electrons. The number of primary amides is 1. The molecule has 0 fully saturated rings.